The van der Waals surface area contributed by atoms with Gasteiger partial charge in [-0.15, -0.1) is 0 Å². The number of benzene rings is 3. The maximum Gasteiger partial charge on any atom is 0.340 e. The number of esters is 1. The number of hydrogen-bond donors (Lipinski definition) is 0. The predicted octanol–water partition coefficient (Wildman–Crippen LogP) is 7.00. The molecule has 2 fully saturated rings. The fourth-order valence-electron chi connectivity index (χ4n) is 6.91. The Hall–Kier alpha value is -3.55. The molecule has 8 heteroatoms. The van der Waals surface area contributed by atoms with Crippen LogP contribution in [0.1, 0.15) is 78.4 Å². The third kappa shape index (κ3) is 3.68. The number of anilines is 2. The molecular formula is C33H32F4N2O2. The van der Waals surface area contributed by atoms with E-state index in [0.29, 0.717) is 16.9 Å². The van der Waals surface area contributed by atoms with E-state index in [1.165, 1.54) is 0 Å². The van der Waals surface area contributed by atoms with Gasteiger partial charge in [-0.05, 0) is 58.5 Å². The van der Waals surface area contributed by atoms with E-state index in [1.807, 2.05) is 68.4 Å². The van der Waals surface area contributed by atoms with Crippen molar-refractivity contribution in [2.24, 2.45) is 0 Å². The second-order valence-corrected chi connectivity index (χ2v) is 13.6. The molecule has 3 heterocycles. The van der Waals surface area contributed by atoms with Crippen LogP contribution < -0.4 is 9.80 Å². The quantitative estimate of drug-likeness (QED) is 0.248. The lowest BCUT2D eigenvalue weighted by molar-refractivity contribution is -0.0268. The number of halogens is 4. The fourth-order valence-corrected chi connectivity index (χ4v) is 6.91. The molecule has 1 aliphatic carbocycles. The molecule has 214 valence electrons. The summed E-state index contributed by atoms with van der Waals surface area (Å²) < 4.78 is 61.6. The first-order valence-electron chi connectivity index (χ1n) is 14.0. The van der Waals surface area contributed by atoms with Crippen LogP contribution in [0.3, 0.4) is 0 Å². The highest BCUT2D eigenvalue weighted by Crippen LogP contribution is 2.58. The van der Waals surface area contributed by atoms with E-state index in [9.17, 15) is 22.4 Å². The Balaban J connectivity index is 1.48. The first kappa shape index (κ1) is 26.4. The minimum absolute atomic E-state index is 0.194. The van der Waals surface area contributed by atoms with E-state index in [0.717, 1.165) is 33.4 Å². The normalized spacial score (nSPS) is 22.3. The molecule has 3 aromatic rings. The van der Waals surface area contributed by atoms with Crippen molar-refractivity contribution in [2.75, 3.05) is 36.0 Å². The van der Waals surface area contributed by atoms with E-state index in [-0.39, 0.29) is 31.6 Å². The Morgan fingerprint density at radius 2 is 1.17 bits per heavy atom. The average molecular weight is 565 g/mol. The Morgan fingerprint density at radius 1 is 0.683 bits per heavy atom. The number of hydrogen-bond acceptors (Lipinski definition) is 4. The summed E-state index contributed by atoms with van der Waals surface area (Å²) in [4.78, 5) is 16.8. The van der Waals surface area contributed by atoms with Crippen LogP contribution in [0.4, 0.5) is 28.9 Å². The molecule has 4 nitrogen and oxygen atoms in total. The van der Waals surface area contributed by atoms with Gasteiger partial charge in [-0.25, -0.2) is 22.4 Å². The molecule has 0 unspecified atom stereocenters. The Kier molecular flexibility index (Phi) is 5.04. The van der Waals surface area contributed by atoms with Crippen LogP contribution in [0.2, 0.25) is 0 Å². The molecule has 1 spiro atoms. The molecule has 0 aromatic heterocycles. The topological polar surface area (TPSA) is 32.8 Å². The molecule has 0 bridgehead atoms. The van der Waals surface area contributed by atoms with Gasteiger partial charge in [0.15, 0.2) is 5.60 Å². The summed E-state index contributed by atoms with van der Waals surface area (Å²) in [6, 6.07) is 17.1. The smallest absolute Gasteiger partial charge is 0.340 e. The Bertz CT molecular complexity index is 1550. The summed E-state index contributed by atoms with van der Waals surface area (Å²) >= 11 is 0. The minimum atomic E-state index is -2.73. The van der Waals surface area contributed by atoms with E-state index in [1.54, 1.807) is 9.80 Å². The molecule has 0 N–H and O–H groups in total. The van der Waals surface area contributed by atoms with Gasteiger partial charge < -0.3 is 14.5 Å². The largest absolute Gasteiger partial charge is 0.441 e. The van der Waals surface area contributed by atoms with Gasteiger partial charge in [-0.1, -0.05) is 52.8 Å². The Morgan fingerprint density at radius 3 is 1.61 bits per heavy atom. The molecular weight excluding hydrogens is 532 g/mol. The van der Waals surface area contributed by atoms with Crippen molar-refractivity contribution in [3.05, 3.63) is 93.5 Å². The monoisotopic (exact) mass is 564 g/mol. The van der Waals surface area contributed by atoms with Crippen molar-refractivity contribution >= 4 is 17.3 Å². The van der Waals surface area contributed by atoms with E-state index in [4.69, 9.17) is 4.74 Å². The number of alkyl halides is 4. The summed E-state index contributed by atoms with van der Waals surface area (Å²) in [5, 5.41) is 0. The number of rotatable bonds is 2. The number of carbonyl (C=O) groups excluding carboxylic acids is 1. The van der Waals surface area contributed by atoms with Crippen LogP contribution in [-0.4, -0.2) is 44.0 Å². The fraction of sp³-hybridized carbons (Fsp3) is 0.424. The lowest BCUT2D eigenvalue weighted by Gasteiger charge is -2.47. The zero-order chi connectivity index (χ0) is 29.3. The van der Waals surface area contributed by atoms with Crippen molar-refractivity contribution in [3.63, 3.8) is 0 Å². The van der Waals surface area contributed by atoms with E-state index in [2.05, 4.69) is 20.8 Å². The molecule has 3 aliphatic heterocycles. The van der Waals surface area contributed by atoms with Crippen molar-refractivity contribution in [1.29, 1.82) is 0 Å². The van der Waals surface area contributed by atoms with Gasteiger partial charge in [0, 0.05) is 33.5 Å². The third-order valence-corrected chi connectivity index (χ3v) is 9.26. The van der Waals surface area contributed by atoms with Crippen LogP contribution in [0.15, 0.2) is 54.6 Å². The highest BCUT2D eigenvalue weighted by molar-refractivity contribution is 5.97. The SMILES string of the molecule is CC(C)(C)c1ccc2c(c1)C1(OC2=O)c2ccc(N3CC(F)(F)C3)cc2C(C)(C)c2cc(N3CC(F)(F)C3)ccc21. The van der Waals surface area contributed by atoms with Gasteiger partial charge in [0.05, 0.1) is 31.7 Å². The standard InChI is InChI=1S/C33H32F4N2O2/c1-29(2,3)19-6-9-22-25(12-19)33(41-28(22)40)23-10-7-20(38-15-31(34,35)16-38)13-26(23)30(4,5)27-14-21(8-11-24(27)33)39-17-32(36,37)18-39/h6-14H,15-18H2,1-5H3. The summed E-state index contributed by atoms with van der Waals surface area (Å²) in [6.45, 7) is 9.00. The van der Waals surface area contributed by atoms with Crippen molar-refractivity contribution in [3.8, 4) is 0 Å². The molecule has 4 aliphatic rings. The van der Waals surface area contributed by atoms with Crippen molar-refractivity contribution < 1.29 is 27.1 Å². The maximum atomic E-state index is 13.8. The minimum Gasteiger partial charge on any atom is -0.441 e. The van der Waals surface area contributed by atoms with Crippen LogP contribution in [0.5, 0.6) is 0 Å². The Labute approximate surface area is 236 Å². The predicted molar refractivity (Wildman–Crippen MR) is 150 cm³/mol. The highest BCUT2D eigenvalue weighted by atomic mass is 19.3. The van der Waals surface area contributed by atoms with Gasteiger partial charge in [0.1, 0.15) is 0 Å². The van der Waals surface area contributed by atoms with Crippen LogP contribution in [0.25, 0.3) is 0 Å². The van der Waals surface area contributed by atoms with Gasteiger partial charge in [0.25, 0.3) is 11.8 Å². The van der Waals surface area contributed by atoms with Gasteiger partial charge in [-0.2, -0.15) is 0 Å². The zero-order valence-corrected chi connectivity index (χ0v) is 23.7. The van der Waals surface area contributed by atoms with Crippen LogP contribution >= 0.6 is 0 Å². The maximum absolute atomic E-state index is 13.8. The van der Waals surface area contributed by atoms with Crippen LogP contribution in [-0.2, 0) is 21.2 Å². The summed E-state index contributed by atoms with van der Waals surface area (Å²) in [5.74, 6) is -5.89. The first-order valence-corrected chi connectivity index (χ1v) is 14.0. The number of ether oxygens (including phenoxy) is 1. The molecule has 41 heavy (non-hydrogen) atoms. The first-order chi connectivity index (χ1) is 19.0. The molecule has 0 radical (unpaired) electrons. The molecule has 0 amide bonds. The van der Waals surface area contributed by atoms with E-state index < -0.39 is 28.8 Å². The lowest BCUT2D eigenvalue weighted by Crippen LogP contribution is -2.56. The second kappa shape index (κ2) is 7.84. The van der Waals surface area contributed by atoms with Gasteiger partial charge >= 0.3 is 5.97 Å². The summed E-state index contributed by atoms with van der Waals surface area (Å²) in [6.07, 6.45) is 0. The number of carbonyl (C=O) groups is 1. The average Bonchev–Trinajstić information content (AvgIpc) is 3.16. The second-order valence-electron chi connectivity index (χ2n) is 13.6. The van der Waals surface area contributed by atoms with Gasteiger partial charge in [-0.3, -0.25) is 0 Å². The molecule has 0 saturated carbocycles. The molecule has 3 aromatic carbocycles. The highest BCUT2D eigenvalue weighted by Gasteiger charge is 2.56. The lowest BCUT2D eigenvalue weighted by atomic mass is 9.61. The van der Waals surface area contributed by atoms with Crippen molar-refractivity contribution in [1.82, 2.24) is 0 Å². The van der Waals surface area contributed by atoms with E-state index >= 15 is 0 Å². The zero-order valence-electron chi connectivity index (χ0n) is 23.7. The number of fused-ring (bicyclic) bond motifs is 6. The van der Waals surface area contributed by atoms with Crippen molar-refractivity contribution in [2.45, 2.75) is 62.9 Å². The molecule has 2 saturated heterocycles. The summed E-state index contributed by atoms with van der Waals surface area (Å²) in [5.41, 5.74) is 4.78. The number of nitrogens with zero attached hydrogens (tertiary/aromatic N) is 2. The molecule has 0 atom stereocenters. The van der Waals surface area contributed by atoms with Gasteiger partial charge in [0.2, 0.25) is 0 Å². The van der Waals surface area contributed by atoms with Crippen LogP contribution in [0, 0.1) is 0 Å². The third-order valence-electron chi connectivity index (χ3n) is 9.26. The molecule has 7 rings (SSSR count). The summed E-state index contributed by atoms with van der Waals surface area (Å²) in [7, 11) is 0.